The quantitative estimate of drug-likeness (QED) is 0.443. The molecular weight excluding hydrogens is 454 g/mol. The lowest BCUT2D eigenvalue weighted by molar-refractivity contribution is 0.0920. The number of rotatable bonds is 5. The first-order chi connectivity index (χ1) is 16.5. The maximum Gasteiger partial charge on any atom is 0.287 e. The molecule has 2 aliphatic rings. The Morgan fingerprint density at radius 3 is 2.88 bits per heavy atom. The topological polar surface area (TPSA) is 78.5 Å². The molecule has 1 N–H and O–H groups in total. The highest BCUT2D eigenvalue weighted by molar-refractivity contribution is 6.30. The van der Waals surface area contributed by atoms with E-state index in [0.717, 1.165) is 57.9 Å². The van der Waals surface area contributed by atoms with Gasteiger partial charge in [-0.15, -0.1) is 0 Å². The lowest BCUT2D eigenvalue weighted by atomic mass is 9.93. The molecule has 0 unspecified atom stereocenters. The fourth-order valence-corrected chi connectivity index (χ4v) is 4.81. The Bertz CT molecular complexity index is 1420. The Balaban J connectivity index is 1.22. The molecule has 0 bridgehead atoms. The Morgan fingerprint density at radius 1 is 1.12 bits per heavy atom. The van der Waals surface area contributed by atoms with Crippen molar-refractivity contribution in [3.8, 4) is 22.8 Å². The summed E-state index contributed by atoms with van der Waals surface area (Å²) in [6.45, 7) is 3.13. The van der Waals surface area contributed by atoms with E-state index in [1.807, 2.05) is 54.1 Å². The van der Waals surface area contributed by atoms with Crippen molar-refractivity contribution in [1.82, 2.24) is 15.1 Å². The summed E-state index contributed by atoms with van der Waals surface area (Å²) < 4.78 is 18.7. The summed E-state index contributed by atoms with van der Waals surface area (Å²) in [6.07, 6.45) is 3.63. The monoisotopic (exact) mass is 475 g/mol. The van der Waals surface area contributed by atoms with Crippen LogP contribution in [0.4, 0.5) is 0 Å². The number of ether oxygens (including phenoxy) is 2. The normalized spacial score (nSPS) is 13.5. The van der Waals surface area contributed by atoms with Crippen LogP contribution in [0.2, 0.25) is 5.02 Å². The van der Waals surface area contributed by atoms with E-state index in [4.69, 9.17) is 30.6 Å². The maximum atomic E-state index is 13.0. The molecule has 2 aromatic heterocycles. The van der Waals surface area contributed by atoms with Crippen LogP contribution in [-0.4, -0.2) is 22.5 Å². The fraction of sp³-hybridized carbons (Fsp3) is 0.231. The minimum absolute atomic E-state index is 0.221. The third-order valence-electron chi connectivity index (χ3n) is 6.25. The van der Waals surface area contributed by atoms with Crippen LogP contribution in [0.3, 0.4) is 0 Å². The Kier molecular flexibility index (Phi) is 5.07. The average Bonchev–Trinajstić information content (AvgIpc) is 3.53. The molecule has 8 heteroatoms. The molecule has 1 aliphatic heterocycles. The molecule has 1 aliphatic carbocycles. The molecule has 0 spiro atoms. The number of fused-ring (bicyclic) bond motifs is 4. The summed E-state index contributed by atoms with van der Waals surface area (Å²) in [5.41, 5.74) is 5.80. The lowest BCUT2D eigenvalue weighted by Crippen LogP contribution is -2.23. The molecule has 6 rings (SSSR count). The number of halogens is 1. The molecule has 7 nitrogen and oxygen atoms in total. The number of carbonyl (C=O) groups excluding carboxylic acids is 1. The second kappa shape index (κ2) is 8.25. The minimum Gasteiger partial charge on any atom is -0.455 e. The number of carbonyl (C=O) groups is 1. The highest BCUT2D eigenvalue weighted by Crippen LogP contribution is 2.38. The van der Waals surface area contributed by atoms with Crippen LogP contribution >= 0.6 is 11.6 Å². The number of nitrogens with zero attached hydrogens (tertiary/aromatic N) is 2. The van der Waals surface area contributed by atoms with E-state index < -0.39 is 0 Å². The van der Waals surface area contributed by atoms with Crippen molar-refractivity contribution in [2.45, 2.75) is 32.9 Å². The summed E-state index contributed by atoms with van der Waals surface area (Å²) in [5.74, 6) is 2.31. The van der Waals surface area contributed by atoms with Crippen molar-refractivity contribution in [3.05, 3.63) is 87.5 Å². The Labute approximate surface area is 201 Å². The molecule has 34 heavy (non-hydrogen) atoms. The molecule has 0 saturated heterocycles. The maximum absolute atomic E-state index is 13.0. The van der Waals surface area contributed by atoms with E-state index in [2.05, 4.69) is 11.5 Å². The van der Waals surface area contributed by atoms with Crippen LogP contribution in [0.5, 0.6) is 11.5 Å². The van der Waals surface area contributed by atoms with Gasteiger partial charge in [0.2, 0.25) is 6.79 Å². The first-order valence-corrected chi connectivity index (χ1v) is 11.5. The number of nitrogens with one attached hydrogen (secondary N) is 1. The number of hydrogen-bond donors (Lipinski definition) is 1. The van der Waals surface area contributed by atoms with Crippen LogP contribution in [0, 0.1) is 6.92 Å². The molecular formula is C26H22ClN3O4. The van der Waals surface area contributed by atoms with Crippen molar-refractivity contribution in [1.29, 1.82) is 0 Å². The summed E-state index contributed by atoms with van der Waals surface area (Å²) in [7, 11) is 0. The zero-order valence-corrected chi connectivity index (χ0v) is 19.3. The molecule has 172 valence electrons. The average molecular weight is 476 g/mol. The van der Waals surface area contributed by atoms with Gasteiger partial charge in [0.25, 0.3) is 5.91 Å². The largest absolute Gasteiger partial charge is 0.455 e. The highest BCUT2D eigenvalue weighted by atomic mass is 35.5. The number of aryl methyl sites for hydroxylation is 2. The number of benzene rings is 2. The van der Waals surface area contributed by atoms with Crippen molar-refractivity contribution >= 4 is 17.5 Å². The second-order valence-electron chi connectivity index (χ2n) is 8.56. The molecule has 3 heterocycles. The molecule has 0 atom stereocenters. The summed E-state index contributed by atoms with van der Waals surface area (Å²) in [5, 5.41) is 8.50. The van der Waals surface area contributed by atoms with Crippen LogP contribution in [0.15, 0.2) is 53.1 Å². The van der Waals surface area contributed by atoms with Gasteiger partial charge in [-0.1, -0.05) is 29.8 Å². The van der Waals surface area contributed by atoms with Gasteiger partial charge in [-0.2, -0.15) is 5.10 Å². The minimum atomic E-state index is -0.246. The van der Waals surface area contributed by atoms with Crippen LogP contribution < -0.4 is 14.8 Å². The lowest BCUT2D eigenvalue weighted by Gasteiger charge is -2.09. The number of furan rings is 1. The van der Waals surface area contributed by atoms with Gasteiger partial charge in [-0.25, -0.2) is 0 Å². The highest BCUT2D eigenvalue weighted by Gasteiger charge is 2.29. The summed E-state index contributed by atoms with van der Waals surface area (Å²) in [6, 6.07) is 13.4. The predicted molar refractivity (Wildman–Crippen MR) is 126 cm³/mol. The Morgan fingerprint density at radius 2 is 2.00 bits per heavy atom. The molecule has 0 radical (unpaired) electrons. The van der Waals surface area contributed by atoms with Crippen molar-refractivity contribution in [2.75, 3.05) is 6.79 Å². The van der Waals surface area contributed by atoms with Crippen molar-refractivity contribution < 1.29 is 18.7 Å². The van der Waals surface area contributed by atoms with Crippen molar-refractivity contribution in [3.63, 3.8) is 0 Å². The molecule has 4 aromatic rings. The van der Waals surface area contributed by atoms with Gasteiger partial charge in [-0.05, 0) is 54.3 Å². The molecule has 0 saturated carbocycles. The Hall–Kier alpha value is -3.71. The SMILES string of the molecule is Cc1c(C(=O)NCc2ccc3c(c2)OCO3)oc2c1-c1nn(Cc3cccc(Cl)c3)cc1CC2. The zero-order chi connectivity index (χ0) is 23.2. The van der Waals surface area contributed by atoms with E-state index in [9.17, 15) is 4.79 Å². The molecule has 2 aromatic carbocycles. The van der Waals surface area contributed by atoms with Gasteiger partial charge in [0.1, 0.15) is 5.76 Å². The predicted octanol–water partition coefficient (Wildman–Crippen LogP) is 4.91. The van der Waals surface area contributed by atoms with Crippen LogP contribution in [0.1, 0.15) is 38.6 Å². The van der Waals surface area contributed by atoms with E-state index >= 15 is 0 Å². The number of amides is 1. The van der Waals surface area contributed by atoms with E-state index in [0.29, 0.717) is 29.6 Å². The van der Waals surface area contributed by atoms with E-state index in [-0.39, 0.29) is 12.7 Å². The van der Waals surface area contributed by atoms with Crippen LogP contribution in [-0.2, 0) is 25.9 Å². The van der Waals surface area contributed by atoms with Crippen molar-refractivity contribution in [2.24, 2.45) is 0 Å². The third kappa shape index (κ3) is 3.72. The van der Waals surface area contributed by atoms with Gasteiger partial charge in [0.05, 0.1) is 12.2 Å². The van der Waals surface area contributed by atoms with Gasteiger partial charge >= 0.3 is 0 Å². The van der Waals surface area contributed by atoms with Gasteiger partial charge in [0.15, 0.2) is 17.3 Å². The van der Waals surface area contributed by atoms with E-state index in [1.54, 1.807) is 0 Å². The standard InChI is InChI=1S/C26H22ClN3O4/c1-15-23-21(8-6-18-13-30(29-24(18)23)12-17-3-2-4-19(27)9-17)34-25(15)26(31)28-11-16-5-7-20-22(10-16)33-14-32-20/h2-5,7,9-10,13H,6,8,11-12,14H2,1H3,(H,28,31). The van der Waals surface area contributed by atoms with Crippen LogP contribution in [0.25, 0.3) is 11.3 Å². The first-order valence-electron chi connectivity index (χ1n) is 11.2. The first kappa shape index (κ1) is 20.9. The third-order valence-corrected chi connectivity index (χ3v) is 6.48. The van der Waals surface area contributed by atoms with Gasteiger partial charge in [0, 0.05) is 35.3 Å². The summed E-state index contributed by atoms with van der Waals surface area (Å²) >= 11 is 6.13. The zero-order valence-electron chi connectivity index (χ0n) is 18.6. The second-order valence-corrected chi connectivity index (χ2v) is 8.99. The van der Waals surface area contributed by atoms with Gasteiger partial charge < -0.3 is 19.2 Å². The molecule has 1 amide bonds. The van der Waals surface area contributed by atoms with Gasteiger partial charge in [-0.3, -0.25) is 9.48 Å². The summed E-state index contributed by atoms with van der Waals surface area (Å²) in [4.78, 5) is 13.0. The smallest absolute Gasteiger partial charge is 0.287 e. The number of hydrogen-bond acceptors (Lipinski definition) is 5. The van der Waals surface area contributed by atoms with E-state index in [1.165, 1.54) is 0 Å². The molecule has 0 fully saturated rings. The number of aromatic nitrogens is 2. The fourth-order valence-electron chi connectivity index (χ4n) is 4.60.